The Balaban J connectivity index is 2.05. The molecule has 6 nitrogen and oxygen atoms in total. The number of rotatable bonds is 5. The van der Waals surface area contributed by atoms with Crippen LogP contribution in [-0.2, 0) is 4.79 Å². The van der Waals surface area contributed by atoms with E-state index in [4.69, 9.17) is 0 Å². The maximum atomic E-state index is 12.1. The van der Waals surface area contributed by atoms with Crippen molar-refractivity contribution in [3.63, 3.8) is 0 Å². The largest absolute Gasteiger partial charge is 0.319 e. The summed E-state index contributed by atoms with van der Waals surface area (Å²) in [5.74, 6) is -0.290. The molecule has 0 aliphatic heterocycles. The van der Waals surface area contributed by atoms with Crippen LogP contribution < -0.4 is 5.32 Å². The zero-order valence-corrected chi connectivity index (χ0v) is 13.0. The molecule has 0 aliphatic rings. The smallest absolute Gasteiger partial charge is 0.292 e. The topological polar surface area (TPSA) is 85.1 Å². The standard InChI is InChI=1S/C13H13N3O3S2/c1-8-7-20-13(14-8)21-9(2)12(17)15-10-5-3-4-6-11(10)16(18)19/h3-7,9H,1-2H3,(H,15,17)/t9-/m0/s1. The molecule has 2 aromatic rings. The Morgan fingerprint density at radius 1 is 1.48 bits per heavy atom. The van der Waals surface area contributed by atoms with E-state index in [2.05, 4.69) is 10.3 Å². The highest BCUT2D eigenvalue weighted by molar-refractivity contribution is 8.02. The van der Waals surface area contributed by atoms with E-state index >= 15 is 0 Å². The van der Waals surface area contributed by atoms with E-state index < -0.39 is 10.2 Å². The Kier molecular flexibility index (Phi) is 4.92. The van der Waals surface area contributed by atoms with Crippen molar-refractivity contribution in [2.75, 3.05) is 5.32 Å². The second kappa shape index (κ2) is 6.68. The summed E-state index contributed by atoms with van der Waals surface area (Å²) in [7, 11) is 0. The van der Waals surface area contributed by atoms with Gasteiger partial charge in [0.25, 0.3) is 5.69 Å². The first kappa shape index (κ1) is 15.5. The molecule has 21 heavy (non-hydrogen) atoms. The molecule has 1 N–H and O–H groups in total. The number of nitro groups is 1. The Labute approximate surface area is 129 Å². The summed E-state index contributed by atoms with van der Waals surface area (Å²) in [5.41, 5.74) is 0.997. The Bertz CT molecular complexity index is 672. The van der Waals surface area contributed by atoms with Gasteiger partial charge >= 0.3 is 0 Å². The molecule has 0 fully saturated rings. The van der Waals surface area contributed by atoms with Crippen LogP contribution in [0.3, 0.4) is 0 Å². The van der Waals surface area contributed by atoms with E-state index in [0.29, 0.717) is 0 Å². The van der Waals surface area contributed by atoms with Crippen molar-refractivity contribution in [2.45, 2.75) is 23.4 Å². The van der Waals surface area contributed by atoms with Crippen LogP contribution in [-0.4, -0.2) is 21.1 Å². The van der Waals surface area contributed by atoms with Crippen molar-refractivity contribution in [3.05, 3.63) is 45.5 Å². The van der Waals surface area contributed by atoms with Crippen LogP contribution in [0.2, 0.25) is 0 Å². The summed E-state index contributed by atoms with van der Waals surface area (Å²) in [6.45, 7) is 3.63. The van der Waals surface area contributed by atoms with Crippen molar-refractivity contribution >= 4 is 40.4 Å². The molecule has 1 aromatic heterocycles. The van der Waals surface area contributed by atoms with Gasteiger partial charge in [0, 0.05) is 17.1 Å². The van der Waals surface area contributed by atoms with Crippen LogP contribution >= 0.6 is 23.1 Å². The number of hydrogen-bond acceptors (Lipinski definition) is 6. The van der Waals surface area contributed by atoms with E-state index in [1.165, 1.54) is 35.2 Å². The number of nitro benzene ring substituents is 1. The van der Waals surface area contributed by atoms with E-state index in [1.807, 2.05) is 12.3 Å². The number of aromatic nitrogens is 1. The number of hydrogen-bond donors (Lipinski definition) is 1. The Morgan fingerprint density at radius 2 is 2.19 bits per heavy atom. The van der Waals surface area contributed by atoms with Gasteiger partial charge in [-0.3, -0.25) is 14.9 Å². The van der Waals surface area contributed by atoms with Gasteiger partial charge in [-0.25, -0.2) is 4.98 Å². The SMILES string of the molecule is Cc1csc(S[C@@H](C)C(=O)Nc2ccccc2[N+](=O)[O-])n1. The van der Waals surface area contributed by atoms with Gasteiger partial charge in [0.2, 0.25) is 5.91 Å². The van der Waals surface area contributed by atoms with Crippen LogP contribution in [0.15, 0.2) is 34.0 Å². The van der Waals surface area contributed by atoms with Gasteiger partial charge in [-0.1, -0.05) is 23.9 Å². The average molecular weight is 323 g/mol. The molecule has 0 saturated heterocycles. The fraction of sp³-hybridized carbons (Fsp3) is 0.231. The zero-order valence-electron chi connectivity index (χ0n) is 11.4. The van der Waals surface area contributed by atoms with E-state index in [-0.39, 0.29) is 17.3 Å². The van der Waals surface area contributed by atoms with E-state index in [1.54, 1.807) is 19.1 Å². The highest BCUT2D eigenvalue weighted by atomic mass is 32.2. The van der Waals surface area contributed by atoms with Gasteiger partial charge in [0.15, 0.2) is 4.34 Å². The number of benzene rings is 1. The summed E-state index contributed by atoms with van der Waals surface area (Å²) >= 11 is 2.80. The fourth-order valence-electron chi connectivity index (χ4n) is 1.56. The number of thioether (sulfide) groups is 1. The highest BCUT2D eigenvalue weighted by Gasteiger charge is 2.20. The number of nitrogens with one attached hydrogen (secondary N) is 1. The molecule has 0 aliphatic carbocycles. The molecule has 110 valence electrons. The minimum atomic E-state index is -0.516. The minimum absolute atomic E-state index is 0.117. The number of thiazole rings is 1. The molecule has 0 bridgehead atoms. The second-order valence-electron chi connectivity index (χ2n) is 4.28. The number of para-hydroxylation sites is 2. The molecule has 0 unspecified atom stereocenters. The molecule has 2 rings (SSSR count). The maximum Gasteiger partial charge on any atom is 0.292 e. The van der Waals surface area contributed by atoms with E-state index in [0.717, 1.165) is 10.0 Å². The second-order valence-corrected chi connectivity index (χ2v) is 6.72. The third kappa shape index (κ3) is 4.02. The van der Waals surface area contributed by atoms with E-state index in [9.17, 15) is 14.9 Å². The lowest BCUT2D eigenvalue weighted by Crippen LogP contribution is -2.22. The number of amides is 1. The normalized spacial score (nSPS) is 11.9. The maximum absolute atomic E-state index is 12.1. The van der Waals surface area contributed by atoms with Gasteiger partial charge in [0.05, 0.1) is 10.2 Å². The predicted molar refractivity (Wildman–Crippen MR) is 83.9 cm³/mol. The van der Waals surface area contributed by atoms with Crippen LogP contribution in [0.25, 0.3) is 0 Å². The van der Waals surface area contributed by atoms with Crippen LogP contribution in [0, 0.1) is 17.0 Å². The molecule has 8 heteroatoms. The third-order valence-electron chi connectivity index (χ3n) is 2.60. The number of nitrogens with zero attached hydrogens (tertiary/aromatic N) is 2. The summed E-state index contributed by atoms with van der Waals surface area (Å²) in [4.78, 5) is 26.8. The van der Waals surface area contributed by atoms with Crippen LogP contribution in [0.5, 0.6) is 0 Å². The van der Waals surface area contributed by atoms with Gasteiger partial charge in [-0.05, 0) is 19.9 Å². The van der Waals surface area contributed by atoms with Crippen LogP contribution in [0.1, 0.15) is 12.6 Å². The first-order chi connectivity index (χ1) is 9.97. The molecule has 0 saturated carbocycles. The average Bonchev–Trinajstić information content (AvgIpc) is 2.84. The summed E-state index contributed by atoms with van der Waals surface area (Å²) in [5, 5.41) is 15.0. The molecule has 1 aromatic carbocycles. The van der Waals surface area contributed by atoms with Crippen molar-refractivity contribution in [3.8, 4) is 0 Å². The van der Waals surface area contributed by atoms with Gasteiger partial charge in [-0.2, -0.15) is 0 Å². The van der Waals surface area contributed by atoms with Crippen molar-refractivity contribution in [1.29, 1.82) is 0 Å². The molecule has 1 atom stereocenters. The van der Waals surface area contributed by atoms with Crippen molar-refractivity contribution < 1.29 is 9.72 Å². The first-order valence-corrected chi connectivity index (χ1v) is 7.86. The Morgan fingerprint density at radius 3 is 2.81 bits per heavy atom. The quantitative estimate of drug-likeness (QED) is 0.517. The first-order valence-electron chi connectivity index (χ1n) is 6.10. The van der Waals surface area contributed by atoms with Gasteiger partial charge in [-0.15, -0.1) is 11.3 Å². The number of aryl methyl sites for hydroxylation is 1. The number of anilines is 1. The third-order valence-corrected chi connectivity index (χ3v) is 4.79. The summed E-state index contributed by atoms with van der Waals surface area (Å²) in [6, 6.07) is 6.08. The minimum Gasteiger partial charge on any atom is -0.319 e. The zero-order chi connectivity index (χ0) is 15.4. The summed E-state index contributed by atoms with van der Waals surface area (Å²) in [6.07, 6.45) is 0. The summed E-state index contributed by atoms with van der Waals surface area (Å²) < 4.78 is 0.803. The van der Waals surface area contributed by atoms with Crippen molar-refractivity contribution in [1.82, 2.24) is 4.98 Å². The molecule has 1 amide bonds. The fourth-order valence-corrected chi connectivity index (χ4v) is 3.55. The van der Waals surface area contributed by atoms with Crippen molar-refractivity contribution in [2.24, 2.45) is 0 Å². The molecule has 0 spiro atoms. The molecular weight excluding hydrogens is 310 g/mol. The number of carbonyl (C=O) groups excluding carboxylic acids is 1. The molecule has 1 heterocycles. The molecular formula is C13H13N3O3S2. The highest BCUT2D eigenvalue weighted by Crippen LogP contribution is 2.29. The predicted octanol–water partition coefficient (Wildman–Crippen LogP) is 3.48. The van der Waals surface area contributed by atoms with Gasteiger partial charge < -0.3 is 5.32 Å². The lowest BCUT2D eigenvalue weighted by Gasteiger charge is -2.10. The lowest BCUT2D eigenvalue weighted by atomic mass is 10.2. The molecule has 0 radical (unpaired) electrons. The lowest BCUT2D eigenvalue weighted by molar-refractivity contribution is -0.383. The van der Waals surface area contributed by atoms with Gasteiger partial charge in [0.1, 0.15) is 5.69 Å². The number of carbonyl (C=O) groups is 1. The monoisotopic (exact) mass is 323 g/mol. The Hall–Kier alpha value is -1.93. The van der Waals surface area contributed by atoms with Crippen LogP contribution in [0.4, 0.5) is 11.4 Å².